The number of sulfonamides is 1. The van der Waals surface area contributed by atoms with Crippen molar-refractivity contribution in [2.75, 3.05) is 25.0 Å². The van der Waals surface area contributed by atoms with Crippen LogP contribution in [0.4, 0.5) is 5.69 Å². The van der Waals surface area contributed by atoms with Gasteiger partial charge in [0.05, 0.1) is 11.9 Å². The summed E-state index contributed by atoms with van der Waals surface area (Å²) in [6.07, 6.45) is 12.4. The summed E-state index contributed by atoms with van der Waals surface area (Å²) in [4.78, 5) is 17.2. The molecule has 2 N–H and O–H groups in total. The van der Waals surface area contributed by atoms with Crippen LogP contribution in [0.5, 0.6) is 5.75 Å². The van der Waals surface area contributed by atoms with Crippen LogP contribution >= 0.6 is 0 Å². The maximum atomic E-state index is 13.5. The van der Waals surface area contributed by atoms with Gasteiger partial charge in [0.15, 0.2) is 5.75 Å². The highest BCUT2D eigenvalue weighted by Gasteiger charge is 2.28. The molecule has 7 nitrogen and oxygen atoms in total. The van der Waals surface area contributed by atoms with Gasteiger partial charge in [0.1, 0.15) is 4.90 Å². The van der Waals surface area contributed by atoms with Gasteiger partial charge in [-0.3, -0.25) is 4.79 Å². The maximum Gasteiger partial charge on any atom is 0.253 e. The van der Waals surface area contributed by atoms with Gasteiger partial charge in [0.25, 0.3) is 5.91 Å². The Bertz CT molecular complexity index is 900. The molecule has 2 rings (SSSR count). The molecule has 1 fully saturated rings. The second-order valence-corrected chi connectivity index (χ2v) is 10.4. The number of unbranched alkanes of at least 4 members (excludes halogenated alkanes) is 2. The summed E-state index contributed by atoms with van der Waals surface area (Å²) in [5.74, 6) is -0.00348. The molecule has 0 radical (unpaired) electrons. The summed E-state index contributed by atoms with van der Waals surface area (Å²) in [7, 11) is -2.31. The zero-order chi connectivity index (χ0) is 24.4. The largest absolute Gasteiger partial charge is 0.462 e. The highest BCUT2D eigenvalue weighted by atomic mass is 32.2. The molecule has 1 aromatic carbocycles. The number of nitrogens with two attached hydrogens (primary N) is 1. The summed E-state index contributed by atoms with van der Waals surface area (Å²) in [6.45, 7) is 7.50. The van der Waals surface area contributed by atoms with Crippen LogP contribution in [0.25, 0.3) is 0 Å². The minimum atomic E-state index is -4.12. The lowest BCUT2D eigenvalue weighted by atomic mass is 9.94. The molecule has 0 spiro atoms. The summed E-state index contributed by atoms with van der Waals surface area (Å²) >= 11 is 0. The van der Waals surface area contributed by atoms with E-state index in [0.717, 1.165) is 64.5 Å². The predicted octanol–water partition coefficient (Wildman–Crippen LogP) is 5.06. The third-order valence-electron chi connectivity index (χ3n) is 6.26. The lowest BCUT2D eigenvalue weighted by molar-refractivity contribution is 0.0696. The maximum absolute atomic E-state index is 13.5. The predicted molar refractivity (Wildman–Crippen MR) is 134 cm³/mol. The van der Waals surface area contributed by atoms with Crippen molar-refractivity contribution in [2.45, 2.75) is 89.5 Å². The van der Waals surface area contributed by atoms with Gasteiger partial charge >= 0.3 is 0 Å². The van der Waals surface area contributed by atoms with Gasteiger partial charge < -0.3 is 14.5 Å². The van der Waals surface area contributed by atoms with Crippen molar-refractivity contribution in [3.05, 3.63) is 30.0 Å². The molecule has 0 unspecified atom stereocenters. The van der Waals surface area contributed by atoms with E-state index in [2.05, 4.69) is 18.7 Å². The summed E-state index contributed by atoms with van der Waals surface area (Å²) in [5.41, 5.74) is 0.926. The van der Waals surface area contributed by atoms with E-state index >= 15 is 0 Å². The minimum absolute atomic E-state index is 0.156. The molecule has 1 saturated carbocycles. The van der Waals surface area contributed by atoms with E-state index in [1.165, 1.54) is 18.7 Å². The van der Waals surface area contributed by atoms with Crippen LogP contribution in [0, 0.1) is 0 Å². The lowest BCUT2D eigenvalue weighted by Gasteiger charge is -2.32. The highest BCUT2D eigenvalue weighted by molar-refractivity contribution is 7.89. The molecule has 0 heterocycles. The van der Waals surface area contributed by atoms with Gasteiger partial charge in [0.2, 0.25) is 10.0 Å². The number of hydrogen-bond acceptors (Lipinski definition) is 5. The van der Waals surface area contributed by atoms with Crippen molar-refractivity contribution in [1.29, 1.82) is 0 Å². The second kappa shape index (κ2) is 13.0. The molecule has 0 aromatic heterocycles. The van der Waals surface area contributed by atoms with Crippen molar-refractivity contribution in [3.8, 4) is 5.75 Å². The van der Waals surface area contributed by atoms with Gasteiger partial charge in [-0.25, -0.2) is 13.6 Å². The first-order valence-corrected chi connectivity index (χ1v) is 13.8. The Morgan fingerprint density at radius 2 is 1.73 bits per heavy atom. The fourth-order valence-electron chi connectivity index (χ4n) is 4.30. The second-order valence-electron chi connectivity index (χ2n) is 8.86. The minimum Gasteiger partial charge on any atom is -0.462 e. The molecule has 0 bridgehead atoms. The van der Waals surface area contributed by atoms with E-state index in [9.17, 15) is 13.2 Å². The molecule has 1 aromatic rings. The summed E-state index contributed by atoms with van der Waals surface area (Å²) in [5, 5.41) is 5.61. The van der Waals surface area contributed by atoms with Gasteiger partial charge in [-0.2, -0.15) is 0 Å². The molecule has 0 atom stereocenters. The van der Waals surface area contributed by atoms with E-state index in [-0.39, 0.29) is 22.6 Å². The number of rotatable bonds is 12. The first kappa shape index (κ1) is 27.2. The van der Waals surface area contributed by atoms with Crippen molar-refractivity contribution < 1.29 is 17.9 Å². The lowest BCUT2D eigenvalue weighted by Crippen LogP contribution is -2.38. The molecule has 1 aliphatic rings. The van der Waals surface area contributed by atoms with Crippen molar-refractivity contribution in [2.24, 2.45) is 5.14 Å². The number of amides is 1. The van der Waals surface area contributed by atoms with Crippen molar-refractivity contribution >= 4 is 21.6 Å². The zero-order valence-electron chi connectivity index (χ0n) is 20.7. The van der Waals surface area contributed by atoms with Crippen LogP contribution in [0.15, 0.2) is 29.4 Å². The molecule has 1 amide bonds. The standard InChI is InChI=1S/C25H41N3O4S/c1-5-8-15-28(16-9-6-2)22-18-20(25(29)27(4)21-13-11-10-12-14-21)19-23(33(26,30)31)24(22)32-17-7-3/h7,17-19,21H,5-6,8-16H2,1-4H3,(H2,26,30,31)/b17-7+. The number of primary sulfonamides is 1. The van der Waals surface area contributed by atoms with Crippen LogP contribution in [0.3, 0.4) is 0 Å². The first-order chi connectivity index (χ1) is 15.7. The van der Waals surface area contributed by atoms with E-state index in [4.69, 9.17) is 9.88 Å². The Kier molecular flexibility index (Phi) is 10.7. The smallest absolute Gasteiger partial charge is 0.253 e. The average molecular weight is 480 g/mol. The molecular weight excluding hydrogens is 438 g/mol. The fraction of sp³-hybridized carbons (Fsp3) is 0.640. The number of ether oxygens (including phenoxy) is 1. The molecule has 0 saturated heterocycles. The number of nitrogens with zero attached hydrogens (tertiary/aromatic N) is 2. The Hall–Kier alpha value is -2.06. The van der Waals surface area contributed by atoms with Gasteiger partial charge in [0, 0.05) is 31.7 Å². The van der Waals surface area contributed by atoms with Crippen LogP contribution in [-0.4, -0.2) is 45.4 Å². The molecule has 8 heteroatoms. The first-order valence-electron chi connectivity index (χ1n) is 12.2. The van der Waals surface area contributed by atoms with Crippen LogP contribution in [0.1, 0.15) is 88.9 Å². The quantitative estimate of drug-likeness (QED) is 0.423. The number of hydrogen-bond donors (Lipinski definition) is 1. The summed E-state index contributed by atoms with van der Waals surface area (Å²) < 4.78 is 31.0. The van der Waals surface area contributed by atoms with Crippen LogP contribution < -0.4 is 14.8 Å². The SMILES string of the molecule is C/C=C/Oc1c(N(CCCC)CCCC)cc(C(=O)N(C)C2CCCCC2)cc1S(N)(=O)=O. The topological polar surface area (TPSA) is 92.9 Å². The third-order valence-corrected chi connectivity index (χ3v) is 7.17. The Morgan fingerprint density at radius 3 is 2.24 bits per heavy atom. The zero-order valence-corrected chi connectivity index (χ0v) is 21.5. The molecule has 0 aliphatic heterocycles. The average Bonchev–Trinajstić information content (AvgIpc) is 2.81. The van der Waals surface area contributed by atoms with E-state index in [1.807, 2.05) is 7.05 Å². The molecule has 33 heavy (non-hydrogen) atoms. The van der Waals surface area contributed by atoms with Gasteiger partial charge in [-0.15, -0.1) is 0 Å². The number of carbonyl (C=O) groups is 1. The molecule has 186 valence electrons. The number of benzene rings is 1. The number of carbonyl (C=O) groups excluding carboxylic acids is 1. The Labute approximate surface area is 200 Å². The normalized spacial score (nSPS) is 15.1. The van der Waals surface area contributed by atoms with Gasteiger partial charge in [-0.05, 0) is 44.7 Å². The number of anilines is 1. The van der Waals surface area contributed by atoms with E-state index in [1.54, 1.807) is 24.0 Å². The van der Waals surface area contributed by atoms with Crippen molar-refractivity contribution in [3.63, 3.8) is 0 Å². The monoisotopic (exact) mass is 479 g/mol. The molecular formula is C25H41N3O4S. The fourth-order valence-corrected chi connectivity index (χ4v) is 5.00. The Balaban J connectivity index is 2.62. The third kappa shape index (κ3) is 7.47. The highest BCUT2D eigenvalue weighted by Crippen LogP contribution is 2.38. The van der Waals surface area contributed by atoms with Gasteiger partial charge in [-0.1, -0.05) is 52.0 Å². The van der Waals surface area contributed by atoms with E-state index in [0.29, 0.717) is 11.3 Å². The summed E-state index contributed by atoms with van der Waals surface area (Å²) in [6, 6.07) is 3.32. The van der Waals surface area contributed by atoms with E-state index < -0.39 is 10.0 Å². The molecule has 1 aliphatic carbocycles. The van der Waals surface area contributed by atoms with Crippen LogP contribution in [-0.2, 0) is 10.0 Å². The Morgan fingerprint density at radius 1 is 1.12 bits per heavy atom. The van der Waals surface area contributed by atoms with Crippen molar-refractivity contribution in [1.82, 2.24) is 4.90 Å². The van der Waals surface area contributed by atoms with Crippen LogP contribution in [0.2, 0.25) is 0 Å². The number of allylic oxidation sites excluding steroid dienone is 1.